The summed E-state index contributed by atoms with van der Waals surface area (Å²) in [4.78, 5) is 38.7. The van der Waals surface area contributed by atoms with E-state index in [9.17, 15) is 14.4 Å². The molecular formula is C16H19N5O4S. The van der Waals surface area contributed by atoms with E-state index in [0.29, 0.717) is 30.1 Å². The summed E-state index contributed by atoms with van der Waals surface area (Å²) in [6, 6.07) is 0. The molecule has 1 aliphatic heterocycles. The highest BCUT2D eigenvalue weighted by Gasteiger charge is 2.29. The number of methoxy groups -OCH3 is 1. The number of nitrogens with two attached hydrogens (primary N) is 1. The molecule has 0 saturated carbocycles. The number of ether oxygens (including phenoxy) is 1. The van der Waals surface area contributed by atoms with Gasteiger partial charge in [0, 0.05) is 31.6 Å². The number of primary amides is 1. The number of amides is 3. The van der Waals surface area contributed by atoms with Gasteiger partial charge in [-0.3, -0.25) is 19.1 Å². The van der Waals surface area contributed by atoms with E-state index in [1.807, 2.05) is 0 Å². The zero-order valence-electron chi connectivity index (χ0n) is 14.7. The largest absolute Gasteiger partial charge is 0.479 e. The minimum absolute atomic E-state index is 0.0321. The smallest absolute Gasteiger partial charge is 0.263 e. The Morgan fingerprint density at radius 1 is 1.38 bits per heavy atom. The van der Waals surface area contributed by atoms with Crippen LogP contribution >= 0.6 is 11.3 Å². The molecule has 138 valence electrons. The molecule has 2 aromatic heterocycles. The fourth-order valence-electron chi connectivity index (χ4n) is 2.97. The Morgan fingerprint density at radius 2 is 2.12 bits per heavy atom. The van der Waals surface area contributed by atoms with Crippen LogP contribution < -0.4 is 15.8 Å². The summed E-state index contributed by atoms with van der Waals surface area (Å²) in [7, 11) is 3.10. The maximum atomic E-state index is 12.6. The van der Waals surface area contributed by atoms with Crippen LogP contribution in [0.3, 0.4) is 0 Å². The fraction of sp³-hybridized carbons (Fsp3) is 0.375. The zero-order chi connectivity index (χ0) is 19.0. The number of carbonyl (C=O) groups is 3. The van der Waals surface area contributed by atoms with Crippen LogP contribution in [0.15, 0.2) is 6.20 Å². The normalized spacial score (nSPS) is 13.3. The van der Waals surface area contributed by atoms with Gasteiger partial charge >= 0.3 is 0 Å². The highest BCUT2D eigenvalue weighted by molar-refractivity contribution is 7.17. The second kappa shape index (κ2) is 6.79. The molecule has 1 aliphatic rings. The van der Waals surface area contributed by atoms with Crippen molar-refractivity contribution in [2.45, 2.75) is 19.9 Å². The number of fused-ring (bicyclic) bond motifs is 1. The number of nitrogens with zero attached hydrogens (tertiary/aromatic N) is 3. The molecule has 0 atom stereocenters. The Balaban J connectivity index is 1.94. The van der Waals surface area contributed by atoms with Crippen molar-refractivity contribution in [2.75, 3.05) is 19.0 Å². The third-order valence-corrected chi connectivity index (χ3v) is 5.34. The molecule has 9 nitrogen and oxygen atoms in total. The summed E-state index contributed by atoms with van der Waals surface area (Å²) in [6.45, 7) is 2.43. The van der Waals surface area contributed by atoms with Crippen LogP contribution in [-0.2, 0) is 24.8 Å². The second-order valence-electron chi connectivity index (χ2n) is 5.94. The lowest BCUT2D eigenvalue weighted by atomic mass is 10.0. The third-order valence-electron chi connectivity index (χ3n) is 4.21. The van der Waals surface area contributed by atoms with Crippen LogP contribution in [0.1, 0.15) is 38.1 Å². The number of rotatable bonds is 4. The van der Waals surface area contributed by atoms with Gasteiger partial charge in [-0.2, -0.15) is 0 Å². The lowest BCUT2D eigenvalue weighted by Gasteiger charge is -2.25. The van der Waals surface area contributed by atoms with Crippen LogP contribution in [0.4, 0.5) is 5.00 Å². The van der Waals surface area contributed by atoms with Crippen molar-refractivity contribution in [1.29, 1.82) is 0 Å². The van der Waals surface area contributed by atoms with Crippen LogP contribution in [-0.4, -0.2) is 46.1 Å². The number of thiophene rings is 1. The van der Waals surface area contributed by atoms with Gasteiger partial charge in [0.05, 0.1) is 19.2 Å². The maximum Gasteiger partial charge on any atom is 0.263 e. The Kier molecular flexibility index (Phi) is 4.68. The molecule has 0 fully saturated rings. The van der Waals surface area contributed by atoms with Crippen molar-refractivity contribution in [3.63, 3.8) is 0 Å². The summed E-state index contributed by atoms with van der Waals surface area (Å²) in [6.07, 6.45) is 2.05. The molecule has 0 aromatic carbocycles. The topological polar surface area (TPSA) is 120 Å². The number of aromatic nitrogens is 2. The first-order valence-corrected chi connectivity index (χ1v) is 8.72. The van der Waals surface area contributed by atoms with Crippen LogP contribution in [0.5, 0.6) is 5.88 Å². The first kappa shape index (κ1) is 17.9. The van der Waals surface area contributed by atoms with Gasteiger partial charge in [0.25, 0.3) is 11.8 Å². The van der Waals surface area contributed by atoms with Crippen LogP contribution in [0, 0.1) is 0 Å². The summed E-state index contributed by atoms with van der Waals surface area (Å²) < 4.78 is 6.56. The van der Waals surface area contributed by atoms with Gasteiger partial charge in [-0.1, -0.05) is 0 Å². The maximum absolute atomic E-state index is 12.6. The number of hydrogen-bond acceptors (Lipinski definition) is 6. The molecule has 2 aromatic rings. The SMILES string of the molecule is COc1nn(C)cc1C(=O)Nc1sc2c(c1C(N)=O)CCN(C(C)=O)C2. The van der Waals surface area contributed by atoms with Crippen molar-refractivity contribution in [3.8, 4) is 5.88 Å². The Hall–Kier alpha value is -2.88. The van der Waals surface area contributed by atoms with Gasteiger partial charge in [0.2, 0.25) is 11.8 Å². The Bertz CT molecular complexity index is 901. The molecule has 3 rings (SSSR count). The lowest BCUT2D eigenvalue weighted by molar-refractivity contribution is -0.129. The predicted molar refractivity (Wildman–Crippen MR) is 95.3 cm³/mol. The average molecular weight is 377 g/mol. The average Bonchev–Trinajstić information content (AvgIpc) is 3.13. The second-order valence-corrected chi connectivity index (χ2v) is 7.05. The quantitative estimate of drug-likeness (QED) is 0.815. The summed E-state index contributed by atoms with van der Waals surface area (Å²) in [5.74, 6) is -0.892. The van der Waals surface area contributed by atoms with E-state index < -0.39 is 11.8 Å². The van der Waals surface area contributed by atoms with E-state index in [4.69, 9.17) is 10.5 Å². The first-order valence-electron chi connectivity index (χ1n) is 7.90. The monoisotopic (exact) mass is 377 g/mol. The zero-order valence-corrected chi connectivity index (χ0v) is 15.5. The summed E-state index contributed by atoms with van der Waals surface area (Å²) in [5.41, 5.74) is 6.91. The van der Waals surface area contributed by atoms with E-state index in [0.717, 1.165) is 10.4 Å². The van der Waals surface area contributed by atoms with Gasteiger partial charge in [-0.05, 0) is 12.0 Å². The number of hydrogen-bond donors (Lipinski definition) is 2. The molecule has 0 aliphatic carbocycles. The molecule has 26 heavy (non-hydrogen) atoms. The van der Waals surface area contributed by atoms with Crippen molar-refractivity contribution >= 4 is 34.1 Å². The standard InChI is InChI=1S/C16H19N5O4S/c1-8(22)21-5-4-9-11(7-21)26-16(12(9)13(17)23)18-14(24)10-6-20(2)19-15(10)25-3/h6H,4-5,7H2,1-3H3,(H2,17,23)(H,18,24). The van der Waals surface area contributed by atoms with E-state index in [1.165, 1.54) is 36.2 Å². The van der Waals surface area contributed by atoms with Crippen molar-refractivity contribution in [2.24, 2.45) is 12.8 Å². The number of aryl methyl sites for hydroxylation is 1. The lowest BCUT2D eigenvalue weighted by Crippen LogP contribution is -2.34. The summed E-state index contributed by atoms with van der Waals surface area (Å²) in [5, 5.41) is 7.16. The molecule has 0 saturated heterocycles. The van der Waals surface area contributed by atoms with E-state index in [1.54, 1.807) is 11.9 Å². The van der Waals surface area contributed by atoms with Gasteiger partial charge in [0.15, 0.2) is 0 Å². The molecular weight excluding hydrogens is 358 g/mol. The number of anilines is 1. The Morgan fingerprint density at radius 3 is 2.73 bits per heavy atom. The van der Waals surface area contributed by atoms with Crippen molar-refractivity contribution in [3.05, 3.63) is 27.8 Å². The van der Waals surface area contributed by atoms with Gasteiger partial charge < -0.3 is 20.7 Å². The molecule has 0 radical (unpaired) electrons. The van der Waals surface area contributed by atoms with Gasteiger partial charge in [-0.25, -0.2) is 0 Å². The van der Waals surface area contributed by atoms with E-state index >= 15 is 0 Å². The van der Waals surface area contributed by atoms with Gasteiger partial charge in [-0.15, -0.1) is 16.4 Å². The molecule has 0 spiro atoms. The molecule has 3 heterocycles. The van der Waals surface area contributed by atoms with Crippen molar-refractivity contribution in [1.82, 2.24) is 14.7 Å². The van der Waals surface area contributed by atoms with Gasteiger partial charge in [0.1, 0.15) is 10.6 Å². The minimum Gasteiger partial charge on any atom is -0.479 e. The Labute approximate surface area is 153 Å². The highest BCUT2D eigenvalue weighted by Crippen LogP contribution is 2.37. The first-order chi connectivity index (χ1) is 12.3. The minimum atomic E-state index is -0.604. The van der Waals surface area contributed by atoms with Crippen LogP contribution in [0.25, 0.3) is 0 Å². The van der Waals surface area contributed by atoms with Crippen molar-refractivity contribution < 1.29 is 19.1 Å². The molecule has 10 heteroatoms. The molecule has 3 N–H and O–H groups in total. The third kappa shape index (κ3) is 3.15. The van der Waals surface area contributed by atoms with E-state index in [-0.39, 0.29) is 17.4 Å². The fourth-order valence-corrected chi connectivity index (χ4v) is 4.23. The summed E-state index contributed by atoms with van der Waals surface area (Å²) >= 11 is 1.26. The number of carbonyl (C=O) groups excluding carboxylic acids is 3. The highest BCUT2D eigenvalue weighted by atomic mass is 32.1. The number of nitrogens with one attached hydrogen (secondary N) is 1. The predicted octanol–water partition coefficient (Wildman–Crippen LogP) is 0.746. The van der Waals surface area contributed by atoms with E-state index in [2.05, 4.69) is 10.4 Å². The molecule has 0 unspecified atom stereocenters. The molecule has 3 amide bonds. The molecule has 0 bridgehead atoms. The van der Waals surface area contributed by atoms with Crippen LogP contribution in [0.2, 0.25) is 0 Å².